The second-order valence-electron chi connectivity index (χ2n) is 5.65. The SMILES string of the molecule is CC(C)C(CNc1cc(N)ns1)N1CCN(C)CC1. The lowest BCUT2D eigenvalue weighted by Gasteiger charge is -2.40. The van der Waals surface area contributed by atoms with E-state index in [9.17, 15) is 0 Å². The van der Waals surface area contributed by atoms with Gasteiger partial charge in [-0.15, -0.1) is 0 Å². The van der Waals surface area contributed by atoms with Crippen molar-refractivity contribution in [3.8, 4) is 0 Å². The van der Waals surface area contributed by atoms with Crippen LogP contribution in [0.2, 0.25) is 0 Å². The van der Waals surface area contributed by atoms with Crippen LogP contribution in [0.3, 0.4) is 0 Å². The average molecular weight is 283 g/mol. The monoisotopic (exact) mass is 283 g/mol. The molecule has 1 atom stereocenters. The maximum atomic E-state index is 5.65. The summed E-state index contributed by atoms with van der Waals surface area (Å²) in [4.78, 5) is 4.99. The van der Waals surface area contributed by atoms with Crippen molar-refractivity contribution in [3.63, 3.8) is 0 Å². The van der Waals surface area contributed by atoms with Crippen LogP contribution in [0.1, 0.15) is 13.8 Å². The van der Waals surface area contributed by atoms with Gasteiger partial charge in [0.1, 0.15) is 10.8 Å². The largest absolute Gasteiger partial charge is 0.383 e. The zero-order valence-corrected chi connectivity index (χ0v) is 12.9. The number of hydrogen-bond acceptors (Lipinski definition) is 6. The standard InChI is InChI=1S/C13H25N5S/c1-10(2)11(18-6-4-17(3)5-7-18)9-15-13-8-12(14)16-19-13/h8,10-11,15H,4-7,9H2,1-3H3,(H2,14,16). The molecule has 1 aromatic heterocycles. The normalized spacial score (nSPS) is 19.8. The van der Waals surface area contributed by atoms with Crippen LogP contribution in [-0.2, 0) is 0 Å². The molecule has 1 aromatic rings. The number of nitrogens with two attached hydrogens (primary N) is 1. The Hall–Kier alpha value is -0.850. The van der Waals surface area contributed by atoms with Gasteiger partial charge in [-0.3, -0.25) is 4.90 Å². The average Bonchev–Trinajstić information content (AvgIpc) is 2.77. The van der Waals surface area contributed by atoms with Gasteiger partial charge in [0.15, 0.2) is 0 Å². The first-order chi connectivity index (χ1) is 9.06. The minimum Gasteiger partial charge on any atom is -0.383 e. The van der Waals surface area contributed by atoms with Gasteiger partial charge < -0.3 is 16.0 Å². The fraction of sp³-hybridized carbons (Fsp3) is 0.769. The van der Waals surface area contributed by atoms with Gasteiger partial charge in [-0.25, -0.2) is 0 Å². The van der Waals surface area contributed by atoms with Gasteiger partial charge >= 0.3 is 0 Å². The molecule has 6 heteroatoms. The molecule has 1 aliphatic rings. The molecule has 0 spiro atoms. The molecule has 0 saturated carbocycles. The first kappa shape index (κ1) is 14.6. The fourth-order valence-corrected chi connectivity index (χ4v) is 3.10. The van der Waals surface area contributed by atoms with Crippen LogP contribution in [0.5, 0.6) is 0 Å². The van der Waals surface area contributed by atoms with Crippen LogP contribution in [0.15, 0.2) is 6.07 Å². The molecule has 0 aromatic carbocycles. The number of aromatic nitrogens is 1. The Bertz CT molecular complexity index is 384. The molecular formula is C13H25N5S. The maximum absolute atomic E-state index is 5.65. The van der Waals surface area contributed by atoms with Crippen molar-refractivity contribution < 1.29 is 0 Å². The molecule has 1 fully saturated rings. The Kier molecular flexibility index (Phi) is 5.01. The van der Waals surface area contributed by atoms with Gasteiger partial charge in [-0.2, -0.15) is 4.37 Å². The summed E-state index contributed by atoms with van der Waals surface area (Å²) in [5, 5.41) is 4.54. The van der Waals surface area contributed by atoms with Crippen LogP contribution in [0.25, 0.3) is 0 Å². The molecule has 0 radical (unpaired) electrons. The van der Waals surface area contributed by atoms with E-state index in [1.807, 2.05) is 6.07 Å². The molecule has 5 nitrogen and oxygen atoms in total. The number of likely N-dealkylation sites (N-methyl/N-ethyl adjacent to an activating group) is 1. The minimum absolute atomic E-state index is 0.567. The zero-order valence-electron chi connectivity index (χ0n) is 12.1. The zero-order chi connectivity index (χ0) is 13.8. The highest BCUT2D eigenvalue weighted by atomic mass is 32.1. The summed E-state index contributed by atoms with van der Waals surface area (Å²) >= 11 is 1.44. The molecule has 0 amide bonds. The van der Waals surface area contributed by atoms with Gasteiger partial charge in [0, 0.05) is 44.8 Å². The molecule has 2 heterocycles. The van der Waals surface area contributed by atoms with Crippen molar-refractivity contribution >= 4 is 22.4 Å². The summed E-state index contributed by atoms with van der Waals surface area (Å²) in [7, 11) is 2.19. The minimum atomic E-state index is 0.567. The highest BCUT2D eigenvalue weighted by Crippen LogP contribution is 2.19. The number of hydrogen-bond donors (Lipinski definition) is 2. The van der Waals surface area contributed by atoms with Crippen LogP contribution in [-0.4, -0.2) is 60.0 Å². The quantitative estimate of drug-likeness (QED) is 0.856. The van der Waals surface area contributed by atoms with Crippen molar-refractivity contribution in [1.82, 2.24) is 14.2 Å². The second-order valence-corrected chi connectivity index (χ2v) is 6.45. The fourth-order valence-electron chi connectivity index (χ4n) is 2.52. The van der Waals surface area contributed by atoms with Gasteiger partial charge in [-0.1, -0.05) is 13.8 Å². The molecule has 0 bridgehead atoms. The number of nitrogens with zero attached hydrogens (tertiary/aromatic N) is 3. The van der Waals surface area contributed by atoms with E-state index in [1.165, 1.54) is 11.5 Å². The molecule has 108 valence electrons. The smallest absolute Gasteiger partial charge is 0.139 e. The molecule has 1 aliphatic heterocycles. The lowest BCUT2D eigenvalue weighted by Crippen LogP contribution is -2.52. The Labute approximate surface area is 119 Å². The van der Waals surface area contributed by atoms with E-state index >= 15 is 0 Å². The van der Waals surface area contributed by atoms with E-state index in [-0.39, 0.29) is 0 Å². The molecule has 3 N–H and O–H groups in total. The molecule has 1 unspecified atom stereocenters. The van der Waals surface area contributed by atoms with E-state index in [1.54, 1.807) is 0 Å². The van der Waals surface area contributed by atoms with E-state index in [2.05, 4.69) is 40.4 Å². The third-order valence-corrected chi connectivity index (χ3v) is 4.55. The molecular weight excluding hydrogens is 258 g/mol. The highest BCUT2D eigenvalue weighted by Gasteiger charge is 2.24. The lowest BCUT2D eigenvalue weighted by atomic mass is 10.0. The maximum Gasteiger partial charge on any atom is 0.139 e. The van der Waals surface area contributed by atoms with Crippen molar-refractivity contribution in [3.05, 3.63) is 6.07 Å². The number of nitrogens with one attached hydrogen (secondary N) is 1. The molecule has 0 aliphatic carbocycles. The topological polar surface area (TPSA) is 57.4 Å². The third kappa shape index (κ3) is 4.06. The van der Waals surface area contributed by atoms with Crippen LogP contribution in [0, 0.1) is 5.92 Å². The Morgan fingerprint density at radius 3 is 2.58 bits per heavy atom. The van der Waals surface area contributed by atoms with Crippen molar-refractivity contribution in [2.75, 3.05) is 50.8 Å². The van der Waals surface area contributed by atoms with E-state index < -0.39 is 0 Å². The van der Waals surface area contributed by atoms with Crippen molar-refractivity contribution in [1.29, 1.82) is 0 Å². The number of nitrogen functional groups attached to an aromatic ring is 1. The Morgan fingerprint density at radius 1 is 1.37 bits per heavy atom. The Balaban J connectivity index is 1.89. The molecule has 19 heavy (non-hydrogen) atoms. The number of piperazine rings is 1. The van der Waals surface area contributed by atoms with Gasteiger partial charge in [0.05, 0.1) is 0 Å². The summed E-state index contributed by atoms with van der Waals surface area (Å²) < 4.78 is 4.10. The van der Waals surface area contributed by atoms with E-state index in [4.69, 9.17) is 5.73 Å². The number of anilines is 2. The summed E-state index contributed by atoms with van der Waals surface area (Å²) in [6.45, 7) is 10.2. The van der Waals surface area contributed by atoms with Gasteiger partial charge in [0.2, 0.25) is 0 Å². The van der Waals surface area contributed by atoms with E-state index in [0.717, 1.165) is 37.7 Å². The Morgan fingerprint density at radius 2 is 2.05 bits per heavy atom. The summed E-state index contributed by atoms with van der Waals surface area (Å²) in [6, 6.07) is 2.48. The van der Waals surface area contributed by atoms with Crippen LogP contribution >= 0.6 is 11.5 Å². The predicted molar refractivity (Wildman–Crippen MR) is 82.7 cm³/mol. The molecule has 1 saturated heterocycles. The van der Waals surface area contributed by atoms with Crippen LogP contribution < -0.4 is 11.1 Å². The van der Waals surface area contributed by atoms with Crippen LogP contribution in [0.4, 0.5) is 10.8 Å². The van der Waals surface area contributed by atoms with Gasteiger partial charge in [0.25, 0.3) is 0 Å². The third-order valence-electron chi connectivity index (χ3n) is 3.79. The first-order valence-corrected chi connectivity index (χ1v) is 7.72. The summed E-state index contributed by atoms with van der Waals surface area (Å²) in [5.74, 6) is 1.24. The lowest BCUT2D eigenvalue weighted by molar-refractivity contribution is 0.0944. The first-order valence-electron chi connectivity index (χ1n) is 6.95. The van der Waals surface area contributed by atoms with Gasteiger partial charge in [-0.05, 0) is 24.5 Å². The highest BCUT2D eigenvalue weighted by molar-refractivity contribution is 7.10. The predicted octanol–water partition coefficient (Wildman–Crippen LogP) is 1.41. The number of rotatable bonds is 5. The summed E-state index contributed by atoms with van der Waals surface area (Å²) in [5.41, 5.74) is 5.65. The van der Waals surface area contributed by atoms with E-state index in [0.29, 0.717) is 17.8 Å². The summed E-state index contributed by atoms with van der Waals surface area (Å²) in [6.07, 6.45) is 0. The second kappa shape index (κ2) is 6.54. The van der Waals surface area contributed by atoms with Crippen molar-refractivity contribution in [2.24, 2.45) is 5.92 Å². The molecule has 2 rings (SSSR count). The van der Waals surface area contributed by atoms with Crippen molar-refractivity contribution in [2.45, 2.75) is 19.9 Å².